The molecule has 2 N–H and O–H groups in total. The standard InChI is InChI=1S/C14H20BrNO4/c1-14(2,3)20-13(18)16-6-5-9-7-11(17)12(19-4)8-10(9)15/h7-8,17H,5-6H2,1-4H3,(H,16,18). The van der Waals surface area contributed by atoms with Gasteiger partial charge in [-0.3, -0.25) is 0 Å². The quantitative estimate of drug-likeness (QED) is 0.878. The van der Waals surface area contributed by atoms with Gasteiger partial charge in [0.15, 0.2) is 11.5 Å². The molecular weight excluding hydrogens is 326 g/mol. The Hall–Kier alpha value is -1.43. The zero-order chi connectivity index (χ0) is 15.3. The zero-order valence-corrected chi connectivity index (χ0v) is 13.7. The molecule has 0 unspecified atom stereocenters. The molecule has 0 spiro atoms. The van der Waals surface area contributed by atoms with Gasteiger partial charge in [0.1, 0.15) is 5.60 Å². The molecule has 1 aromatic rings. The number of hydrogen-bond acceptors (Lipinski definition) is 4. The molecule has 0 heterocycles. The molecule has 0 radical (unpaired) electrons. The molecule has 5 nitrogen and oxygen atoms in total. The number of rotatable bonds is 4. The minimum Gasteiger partial charge on any atom is -0.504 e. The Balaban J connectivity index is 2.54. The molecule has 1 aromatic carbocycles. The predicted octanol–water partition coefficient (Wildman–Crippen LogP) is 3.23. The maximum absolute atomic E-state index is 11.5. The minimum atomic E-state index is -0.511. The number of benzene rings is 1. The minimum absolute atomic E-state index is 0.0722. The molecule has 0 aliphatic rings. The van der Waals surface area contributed by atoms with Gasteiger partial charge < -0.3 is 19.9 Å². The third kappa shape index (κ3) is 5.28. The molecule has 0 saturated carbocycles. The van der Waals surface area contributed by atoms with Crippen molar-refractivity contribution in [2.75, 3.05) is 13.7 Å². The highest BCUT2D eigenvalue weighted by Crippen LogP contribution is 2.32. The number of methoxy groups -OCH3 is 1. The van der Waals surface area contributed by atoms with Crippen LogP contribution in [0.4, 0.5) is 4.79 Å². The van der Waals surface area contributed by atoms with Crippen LogP contribution in [0.1, 0.15) is 26.3 Å². The molecule has 112 valence electrons. The van der Waals surface area contributed by atoms with Crippen molar-refractivity contribution in [3.05, 3.63) is 22.2 Å². The molecule has 20 heavy (non-hydrogen) atoms. The Kier molecular flexibility index (Phi) is 5.68. The number of alkyl carbamates (subject to hydrolysis) is 1. The lowest BCUT2D eigenvalue weighted by Gasteiger charge is -2.19. The van der Waals surface area contributed by atoms with Crippen molar-refractivity contribution in [1.29, 1.82) is 0 Å². The van der Waals surface area contributed by atoms with Gasteiger partial charge >= 0.3 is 6.09 Å². The van der Waals surface area contributed by atoms with Gasteiger partial charge in [-0.15, -0.1) is 0 Å². The molecule has 0 aromatic heterocycles. The van der Waals surface area contributed by atoms with Gasteiger partial charge in [0.25, 0.3) is 0 Å². The van der Waals surface area contributed by atoms with E-state index in [4.69, 9.17) is 9.47 Å². The maximum atomic E-state index is 11.5. The van der Waals surface area contributed by atoms with Gasteiger partial charge in [-0.05, 0) is 44.9 Å². The summed E-state index contributed by atoms with van der Waals surface area (Å²) in [7, 11) is 1.49. The number of nitrogens with one attached hydrogen (secondary N) is 1. The lowest BCUT2D eigenvalue weighted by atomic mass is 10.1. The van der Waals surface area contributed by atoms with Crippen LogP contribution in [0.3, 0.4) is 0 Å². The van der Waals surface area contributed by atoms with E-state index in [1.165, 1.54) is 7.11 Å². The van der Waals surface area contributed by atoms with E-state index in [-0.39, 0.29) is 5.75 Å². The van der Waals surface area contributed by atoms with Crippen LogP contribution in [0.25, 0.3) is 0 Å². The van der Waals surface area contributed by atoms with Crippen molar-refractivity contribution in [2.24, 2.45) is 0 Å². The van der Waals surface area contributed by atoms with E-state index >= 15 is 0 Å². The average Bonchev–Trinajstić information content (AvgIpc) is 2.30. The fourth-order valence-electron chi connectivity index (χ4n) is 1.56. The zero-order valence-electron chi connectivity index (χ0n) is 12.1. The van der Waals surface area contributed by atoms with Crippen molar-refractivity contribution < 1.29 is 19.4 Å². The third-order valence-electron chi connectivity index (χ3n) is 2.41. The highest BCUT2D eigenvalue weighted by molar-refractivity contribution is 9.10. The van der Waals surface area contributed by atoms with Crippen LogP contribution in [-0.2, 0) is 11.2 Å². The van der Waals surface area contributed by atoms with Gasteiger partial charge in [-0.25, -0.2) is 4.79 Å². The van der Waals surface area contributed by atoms with Crippen molar-refractivity contribution in [3.8, 4) is 11.5 Å². The Labute approximate surface area is 127 Å². The summed E-state index contributed by atoms with van der Waals surface area (Å²) >= 11 is 3.40. The summed E-state index contributed by atoms with van der Waals surface area (Å²) in [4.78, 5) is 11.5. The van der Waals surface area contributed by atoms with E-state index in [0.29, 0.717) is 18.7 Å². The first-order chi connectivity index (χ1) is 9.23. The number of hydrogen-bond donors (Lipinski definition) is 2. The topological polar surface area (TPSA) is 67.8 Å². The third-order valence-corrected chi connectivity index (χ3v) is 3.15. The van der Waals surface area contributed by atoms with Crippen molar-refractivity contribution in [2.45, 2.75) is 32.8 Å². The number of phenolic OH excluding ortho intramolecular Hbond substituents is 1. The second kappa shape index (κ2) is 6.83. The smallest absolute Gasteiger partial charge is 0.407 e. The maximum Gasteiger partial charge on any atom is 0.407 e. The predicted molar refractivity (Wildman–Crippen MR) is 80.3 cm³/mol. The van der Waals surface area contributed by atoms with Gasteiger partial charge in [0, 0.05) is 11.0 Å². The molecule has 0 bridgehead atoms. The monoisotopic (exact) mass is 345 g/mol. The number of halogens is 1. The molecule has 6 heteroatoms. The second-order valence-corrected chi connectivity index (χ2v) is 6.15. The van der Waals surface area contributed by atoms with Crippen LogP contribution in [0.2, 0.25) is 0 Å². The van der Waals surface area contributed by atoms with E-state index in [2.05, 4.69) is 21.2 Å². The first-order valence-corrected chi connectivity index (χ1v) is 7.04. The molecule has 0 fully saturated rings. The Morgan fingerprint density at radius 2 is 2.05 bits per heavy atom. The summed E-state index contributed by atoms with van der Waals surface area (Å²) < 4.78 is 11.0. The Morgan fingerprint density at radius 1 is 1.40 bits per heavy atom. The highest BCUT2D eigenvalue weighted by Gasteiger charge is 2.15. The van der Waals surface area contributed by atoms with Crippen LogP contribution in [0.15, 0.2) is 16.6 Å². The molecule has 0 aliphatic heterocycles. The van der Waals surface area contributed by atoms with E-state index < -0.39 is 11.7 Å². The number of carbonyl (C=O) groups is 1. The van der Waals surface area contributed by atoms with E-state index in [1.807, 2.05) is 20.8 Å². The van der Waals surface area contributed by atoms with Crippen molar-refractivity contribution >= 4 is 22.0 Å². The van der Waals surface area contributed by atoms with E-state index in [1.54, 1.807) is 12.1 Å². The summed E-state index contributed by atoms with van der Waals surface area (Å²) in [5.74, 6) is 0.476. The molecule has 0 saturated heterocycles. The summed E-state index contributed by atoms with van der Waals surface area (Å²) in [6, 6.07) is 3.30. The van der Waals surface area contributed by atoms with E-state index in [9.17, 15) is 9.90 Å². The molecule has 1 amide bonds. The SMILES string of the molecule is COc1cc(Br)c(CCNC(=O)OC(C)(C)C)cc1O. The number of phenols is 1. The summed E-state index contributed by atoms with van der Waals surface area (Å²) in [5.41, 5.74) is 0.364. The van der Waals surface area contributed by atoms with E-state index in [0.717, 1.165) is 10.0 Å². The molecular formula is C14H20BrNO4. The number of ether oxygens (including phenoxy) is 2. The normalized spacial score (nSPS) is 11.1. The van der Waals surface area contributed by atoms with Crippen LogP contribution in [0.5, 0.6) is 11.5 Å². The van der Waals surface area contributed by atoms with Crippen LogP contribution < -0.4 is 10.1 Å². The Bertz CT molecular complexity index is 483. The van der Waals surface area contributed by atoms with Crippen molar-refractivity contribution in [3.63, 3.8) is 0 Å². The summed E-state index contributed by atoms with van der Waals surface area (Å²) in [5, 5.41) is 12.4. The lowest BCUT2D eigenvalue weighted by Crippen LogP contribution is -2.33. The number of carbonyl (C=O) groups excluding carboxylic acids is 1. The molecule has 1 rings (SSSR count). The second-order valence-electron chi connectivity index (χ2n) is 5.29. The summed E-state index contributed by atoms with van der Waals surface area (Å²) in [6.45, 7) is 5.85. The Morgan fingerprint density at radius 3 is 2.60 bits per heavy atom. The van der Waals surface area contributed by atoms with Crippen LogP contribution >= 0.6 is 15.9 Å². The highest BCUT2D eigenvalue weighted by atomic mass is 79.9. The van der Waals surface area contributed by atoms with Crippen molar-refractivity contribution in [1.82, 2.24) is 5.32 Å². The van der Waals surface area contributed by atoms with Gasteiger partial charge in [-0.1, -0.05) is 15.9 Å². The average molecular weight is 346 g/mol. The van der Waals surface area contributed by atoms with Crippen LogP contribution in [0, 0.1) is 0 Å². The van der Waals surface area contributed by atoms with Gasteiger partial charge in [0.2, 0.25) is 0 Å². The van der Waals surface area contributed by atoms with Gasteiger partial charge in [0.05, 0.1) is 7.11 Å². The largest absolute Gasteiger partial charge is 0.504 e. The summed E-state index contributed by atoms with van der Waals surface area (Å²) in [6.07, 6.45) is 0.114. The molecule has 0 atom stereocenters. The lowest BCUT2D eigenvalue weighted by molar-refractivity contribution is 0.0528. The molecule has 0 aliphatic carbocycles. The number of aromatic hydroxyl groups is 1. The first-order valence-electron chi connectivity index (χ1n) is 6.25. The number of amides is 1. The fraction of sp³-hybridized carbons (Fsp3) is 0.500. The van der Waals surface area contributed by atoms with Crippen LogP contribution in [-0.4, -0.2) is 30.5 Å². The fourth-order valence-corrected chi connectivity index (χ4v) is 2.08. The first kappa shape index (κ1) is 16.6. The van der Waals surface area contributed by atoms with Gasteiger partial charge in [-0.2, -0.15) is 0 Å².